The lowest BCUT2D eigenvalue weighted by Crippen LogP contribution is -2.27. The lowest BCUT2D eigenvalue weighted by Gasteiger charge is -2.28. The molecule has 0 bridgehead atoms. The molecule has 4 heteroatoms. The number of hydrogen-bond acceptors (Lipinski definition) is 4. The Balaban J connectivity index is 1.80. The van der Waals surface area contributed by atoms with E-state index in [-0.39, 0.29) is 17.1 Å². The van der Waals surface area contributed by atoms with Gasteiger partial charge in [0.1, 0.15) is 22.8 Å². The number of ketones is 1. The van der Waals surface area contributed by atoms with Crippen molar-refractivity contribution in [3.05, 3.63) is 65.2 Å². The molecule has 4 nitrogen and oxygen atoms in total. The van der Waals surface area contributed by atoms with Gasteiger partial charge in [0.25, 0.3) is 0 Å². The van der Waals surface area contributed by atoms with Gasteiger partial charge in [-0.25, -0.2) is 0 Å². The van der Waals surface area contributed by atoms with Gasteiger partial charge in [0.15, 0.2) is 5.78 Å². The Morgan fingerprint density at radius 1 is 1.19 bits per heavy atom. The molecule has 3 rings (SSSR count). The Morgan fingerprint density at radius 2 is 1.92 bits per heavy atom. The molecule has 0 aromatic heterocycles. The van der Waals surface area contributed by atoms with Crippen molar-refractivity contribution in [2.45, 2.75) is 26.4 Å². The van der Waals surface area contributed by atoms with Gasteiger partial charge in [-0.15, -0.1) is 0 Å². The molecule has 134 valence electrons. The highest BCUT2D eigenvalue weighted by molar-refractivity contribution is 6.09. The van der Waals surface area contributed by atoms with Gasteiger partial charge in [-0.05, 0) is 68.8 Å². The molecular formula is C22H22O4. The lowest BCUT2D eigenvalue weighted by molar-refractivity contribution is 0.104. The second-order valence-electron chi connectivity index (χ2n) is 6.61. The van der Waals surface area contributed by atoms with E-state index in [4.69, 9.17) is 9.47 Å². The van der Waals surface area contributed by atoms with Gasteiger partial charge >= 0.3 is 0 Å². The number of phenolic OH excluding ortho intramolecular Hbond substituents is 1. The molecule has 1 heterocycles. The molecule has 0 unspecified atom stereocenters. The molecule has 0 radical (unpaired) electrons. The number of hydrogen-bond donors (Lipinski definition) is 1. The van der Waals surface area contributed by atoms with E-state index in [1.54, 1.807) is 24.3 Å². The summed E-state index contributed by atoms with van der Waals surface area (Å²) in [6.07, 6.45) is 6.82. The summed E-state index contributed by atoms with van der Waals surface area (Å²) in [6, 6.07) is 10.8. The van der Waals surface area contributed by atoms with Gasteiger partial charge in [0, 0.05) is 0 Å². The third kappa shape index (κ3) is 3.80. The summed E-state index contributed by atoms with van der Waals surface area (Å²) in [5, 5.41) is 10.5. The first-order valence-electron chi connectivity index (χ1n) is 8.59. The smallest absolute Gasteiger partial charge is 0.189 e. The average Bonchev–Trinajstić information content (AvgIpc) is 2.60. The maximum atomic E-state index is 12.5. The quantitative estimate of drug-likeness (QED) is 0.617. The van der Waals surface area contributed by atoms with Crippen LogP contribution in [0.15, 0.2) is 48.6 Å². The molecule has 0 amide bonds. The maximum absolute atomic E-state index is 12.5. The second kappa shape index (κ2) is 7.08. The van der Waals surface area contributed by atoms with Crippen LogP contribution in [0.4, 0.5) is 0 Å². The van der Waals surface area contributed by atoms with Crippen LogP contribution in [0.2, 0.25) is 0 Å². The standard InChI is InChI=1S/C22H22O4/c1-4-25-16-8-5-15(6-9-16)7-11-19(23)17-10-12-20-18(21(17)24)13-14-22(2,3)26-20/h5-14,24H,4H2,1-3H3/b11-7+. The zero-order chi connectivity index (χ0) is 18.7. The van der Waals surface area contributed by atoms with E-state index in [2.05, 4.69) is 0 Å². The van der Waals surface area contributed by atoms with E-state index in [0.717, 1.165) is 11.3 Å². The highest BCUT2D eigenvalue weighted by Gasteiger charge is 2.25. The summed E-state index contributed by atoms with van der Waals surface area (Å²) < 4.78 is 11.2. The minimum absolute atomic E-state index is 0.0596. The van der Waals surface area contributed by atoms with Gasteiger partial charge < -0.3 is 14.6 Å². The van der Waals surface area contributed by atoms with Crippen molar-refractivity contribution in [2.75, 3.05) is 6.61 Å². The minimum atomic E-state index is -0.432. The van der Waals surface area contributed by atoms with Crippen LogP contribution in [-0.2, 0) is 0 Å². The van der Waals surface area contributed by atoms with Crippen LogP contribution in [0, 0.1) is 0 Å². The lowest BCUT2D eigenvalue weighted by atomic mass is 9.98. The zero-order valence-corrected chi connectivity index (χ0v) is 15.2. The summed E-state index contributed by atoms with van der Waals surface area (Å²) in [7, 11) is 0. The van der Waals surface area contributed by atoms with E-state index < -0.39 is 5.60 Å². The van der Waals surface area contributed by atoms with Crippen molar-refractivity contribution in [1.29, 1.82) is 0 Å². The van der Waals surface area contributed by atoms with Crippen LogP contribution < -0.4 is 9.47 Å². The second-order valence-corrected chi connectivity index (χ2v) is 6.61. The highest BCUT2D eigenvalue weighted by Crippen LogP contribution is 2.38. The van der Waals surface area contributed by atoms with Crippen molar-refractivity contribution in [2.24, 2.45) is 0 Å². The Bertz CT molecular complexity index is 874. The summed E-state index contributed by atoms with van der Waals surface area (Å²) in [6.45, 7) is 6.41. The number of ether oxygens (including phenoxy) is 2. The molecule has 1 aliphatic heterocycles. The predicted octanol–water partition coefficient (Wildman–Crippen LogP) is 4.87. The Labute approximate surface area is 153 Å². The molecule has 0 fully saturated rings. The van der Waals surface area contributed by atoms with E-state index in [9.17, 15) is 9.90 Å². The molecule has 0 saturated carbocycles. The van der Waals surface area contributed by atoms with Crippen LogP contribution in [-0.4, -0.2) is 23.1 Å². The van der Waals surface area contributed by atoms with Crippen LogP contribution in [0.25, 0.3) is 12.2 Å². The summed E-state index contributed by atoms with van der Waals surface area (Å²) in [4.78, 5) is 12.5. The first kappa shape index (κ1) is 17.8. The molecule has 2 aromatic carbocycles. The zero-order valence-electron chi connectivity index (χ0n) is 15.2. The van der Waals surface area contributed by atoms with Crippen molar-refractivity contribution in [3.63, 3.8) is 0 Å². The van der Waals surface area contributed by atoms with Crippen molar-refractivity contribution in [1.82, 2.24) is 0 Å². The van der Waals surface area contributed by atoms with Crippen LogP contribution >= 0.6 is 0 Å². The fourth-order valence-corrected chi connectivity index (χ4v) is 2.74. The van der Waals surface area contributed by atoms with Gasteiger partial charge in [-0.3, -0.25) is 4.79 Å². The average molecular weight is 350 g/mol. The molecule has 26 heavy (non-hydrogen) atoms. The maximum Gasteiger partial charge on any atom is 0.189 e. The molecular weight excluding hydrogens is 328 g/mol. The third-order valence-electron chi connectivity index (χ3n) is 4.09. The van der Waals surface area contributed by atoms with E-state index in [1.807, 2.05) is 51.1 Å². The SMILES string of the molecule is CCOc1ccc(/C=C/C(=O)c2ccc3c(c2O)C=CC(C)(C)O3)cc1. The van der Waals surface area contributed by atoms with Gasteiger partial charge in [0.2, 0.25) is 0 Å². The van der Waals surface area contributed by atoms with Gasteiger partial charge in [-0.1, -0.05) is 18.2 Å². The normalized spacial score (nSPS) is 14.7. The predicted molar refractivity (Wildman–Crippen MR) is 103 cm³/mol. The fourth-order valence-electron chi connectivity index (χ4n) is 2.74. The largest absolute Gasteiger partial charge is 0.506 e. The minimum Gasteiger partial charge on any atom is -0.506 e. The Hall–Kier alpha value is -3.01. The van der Waals surface area contributed by atoms with E-state index in [1.165, 1.54) is 6.08 Å². The Morgan fingerprint density at radius 3 is 2.62 bits per heavy atom. The first-order chi connectivity index (χ1) is 12.4. The highest BCUT2D eigenvalue weighted by atomic mass is 16.5. The van der Waals surface area contributed by atoms with Crippen molar-refractivity contribution >= 4 is 17.9 Å². The van der Waals surface area contributed by atoms with Crippen LogP contribution in [0.5, 0.6) is 17.2 Å². The molecule has 0 aliphatic carbocycles. The molecule has 0 atom stereocenters. The van der Waals surface area contributed by atoms with Crippen molar-refractivity contribution < 1.29 is 19.4 Å². The van der Waals surface area contributed by atoms with E-state index in [0.29, 0.717) is 17.9 Å². The Kier molecular flexibility index (Phi) is 4.85. The van der Waals surface area contributed by atoms with Gasteiger partial charge in [-0.2, -0.15) is 0 Å². The fraction of sp³-hybridized carbons (Fsp3) is 0.227. The van der Waals surface area contributed by atoms with Crippen molar-refractivity contribution in [3.8, 4) is 17.2 Å². The third-order valence-corrected chi connectivity index (χ3v) is 4.09. The number of phenols is 1. The number of carbonyl (C=O) groups is 1. The number of carbonyl (C=O) groups excluding carboxylic acids is 1. The number of rotatable bonds is 5. The molecule has 0 spiro atoms. The summed E-state index contributed by atoms with van der Waals surface area (Å²) >= 11 is 0. The topological polar surface area (TPSA) is 55.8 Å². The summed E-state index contributed by atoms with van der Waals surface area (Å²) in [5.41, 5.74) is 1.23. The number of aromatic hydroxyl groups is 1. The number of allylic oxidation sites excluding steroid dienone is 1. The number of fused-ring (bicyclic) bond motifs is 1. The number of benzene rings is 2. The summed E-state index contributed by atoms with van der Waals surface area (Å²) in [5.74, 6) is 1.04. The molecule has 2 aromatic rings. The molecule has 0 saturated heterocycles. The van der Waals surface area contributed by atoms with Crippen LogP contribution in [0.3, 0.4) is 0 Å². The monoisotopic (exact) mass is 350 g/mol. The van der Waals surface area contributed by atoms with Crippen LogP contribution in [0.1, 0.15) is 42.3 Å². The molecule has 1 aliphatic rings. The van der Waals surface area contributed by atoms with Gasteiger partial charge in [0.05, 0.1) is 17.7 Å². The first-order valence-corrected chi connectivity index (χ1v) is 8.59. The molecule has 1 N–H and O–H groups in total. The van der Waals surface area contributed by atoms with E-state index >= 15 is 0 Å².